The minimum absolute atomic E-state index is 0.465. The molecule has 2 unspecified atom stereocenters. The molecule has 1 saturated carbocycles. The molecule has 0 aromatic carbocycles. The van der Waals surface area contributed by atoms with Crippen LogP contribution in [0.2, 0.25) is 0 Å². The van der Waals surface area contributed by atoms with Gasteiger partial charge >= 0.3 is 0 Å². The van der Waals surface area contributed by atoms with E-state index in [1.165, 1.54) is 38.5 Å². The van der Waals surface area contributed by atoms with Gasteiger partial charge in [0.25, 0.3) is 0 Å². The van der Waals surface area contributed by atoms with Crippen molar-refractivity contribution in [1.29, 1.82) is 0 Å². The average molecular weight is 237 g/mol. The zero-order chi connectivity index (χ0) is 12.3. The predicted octanol–water partition coefficient (Wildman–Crippen LogP) is 3.40. The lowest BCUT2D eigenvalue weighted by molar-refractivity contribution is -0.124. The summed E-state index contributed by atoms with van der Waals surface area (Å²) in [6.07, 6.45) is 9.91. The third-order valence-electron chi connectivity index (χ3n) is 4.78. The van der Waals surface area contributed by atoms with Gasteiger partial charge in [-0.2, -0.15) is 0 Å². The van der Waals surface area contributed by atoms with Crippen LogP contribution in [0.3, 0.4) is 0 Å². The summed E-state index contributed by atoms with van der Waals surface area (Å²) in [5.41, 5.74) is 0. The summed E-state index contributed by atoms with van der Waals surface area (Å²) in [6, 6.07) is 1.21. The lowest BCUT2D eigenvalue weighted by Crippen LogP contribution is -2.50. The number of ketones is 1. The molecular weight excluding hydrogens is 210 g/mol. The SMILES string of the molecule is CCC(C1CCCCC1)N1CCC(=O)CC1C. The highest BCUT2D eigenvalue weighted by Crippen LogP contribution is 2.33. The molecule has 2 atom stereocenters. The second kappa shape index (κ2) is 5.99. The van der Waals surface area contributed by atoms with Gasteiger partial charge in [0.15, 0.2) is 0 Å². The quantitative estimate of drug-likeness (QED) is 0.750. The highest BCUT2D eigenvalue weighted by Gasteiger charge is 2.33. The number of hydrogen-bond acceptors (Lipinski definition) is 2. The Hall–Kier alpha value is -0.370. The summed E-state index contributed by atoms with van der Waals surface area (Å²) < 4.78 is 0. The standard InChI is InChI=1S/C15H27NO/c1-3-15(13-7-5-4-6-8-13)16-10-9-14(17)11-12(16)2/h12-13,15H,3-11H2,1-2H3. The molecule has 0 N–H and O–H groups in total. The van der Waals surface area contributed by atoms with E-state index in [1.54, 1.807) is 0 Å². The molecule has 2 aliphatic rings. The highest BCUT2D eigenvalue weighted by atomic mass is 16.1. The predicted molar refractivity (Wildman–Crippen MR) is 71.1 cm³/mol. The Bertz CT molecular complexity index is 258. The molecule has 0 bridgehead atoms. The van der Waals surface area contributed by atoms with E-state index in [-0.39, 0.29) is 0 Å². The molecule has 1 saturated heterocycles. The molecule has 2 heteroatoms. The molecule has 2 fully saturated rings. The Morgan fingerprint density at radius 3 is 2.59 bits per heavy atom. The Morgan fingerprint density at radius 2 is 2.00 bits per heavy atom. The molecule has 1 aliphatic carbocycles. The van der Waals surface area contributed by atoms with Crippen molar-refractivity contribution in [2.45, 2.75) is 77.3 Å². The van der Waals surface area contributed by atoms with E-state index in [9.17, 15) is 4.79 Å². The smallest absolute Gasteiger partial charge is 0.135 e. The van der Waals surface area contributed by atoms with Crippen LogP contribution in [0.15, 0.2) is 0 Å². The Labute approximate surface area is 106 Å². The van der Waals surface area contributed by atoms with Gasteiger partial charge in [0.1, 0.15) is 5.78 Å². The second-order valence-corrected chi connectivity index (χ2v) is 5.95. The van der Waals surface area contributed by atoms with E-state index in [0.29, 0.717) is 11.8 Å². The molecule has 17 heavy (non-hydrogen) atoms. The third-order valence-corrected chi connectivity index (χ3v) is 4.78. The number of nitrogens with zero attached hydrogens (tertiary/aromatic N) is 1. The molecule has 98 valence electrons. The summed E-state index contributed by atoms with van der Waals surface area (Å²) in [6.45, 7) is 5.57. The lowest BCUT2D eigenvalue weighted by atomic mass is 9.81. The first-order valence-corrected chi connectivity index (χ1v) is 7.49. The van der Waals surface area contributed by atoms with E-state index in [0.717, 1.165) is 31.3 Å². The van der Waals surface area contributed by atoms with Gasteiger partial charge in [-0.15, -0.1) is 0 Å². The second-order valence-electron chi connectivity index (χ2n) is 5.95. The number of piperidine rings is 1. The van der Waals surface area contributed by atoms with Crippen LogP contribution in [0.25, 0.3) is 0 Å². The van der Waals surface area contributed by atoms with E-state index in [4.69, 9.17) is 0 Å². The van der Waals surface area contributed by atoms with Gasteiger partial charge in [-0.3, -0.25) is 9.69 Å². The maximum absolute atomic E-state index is 11.5. The Balaban J connectivity index is 1.98. The molecule has 1 heterocycles. The van der Waals surface area contributed by atoms with E-state index in [2.05, 4.69) is 18.7 Å². The fourth-order valence-electron chi connectivity index (χ4n) is 3.87. The van der Waals surface area contributed by atoms with Gasteiger partial charge in [0, 0.05) is 31.5 Å². The summed E-state index contributed by atoms with van der Waals surface area (Å²) in [5.74, 6) is 1.36. The number of rotatable bonds is 3. The monoisotopic (exact) mass is 237 g/mol. The fraction of sp³-hybridized carbons (Fsp3) is 0.933. The van der Waals surface area contributed by atoms with Crippen molar-refractivity contribution >= 4 is 5.78 Å². The summed E-state index contributed by atoms with van der Waals surface area (Å²) in [5, 5.41) is 0. The van der Waals surface area contributed by atoms with Gasteiger partial charge in [-0.25, -0.2) is 0 Å². The Kier molecular flexibility index (Phi) is 4.61. The summed E-state index contributed by atoms with van der Waals surface area (Å²) in [4.78, 5) is 14.1. The molecule has 0 spiro atoms. The fourth-order valence-corrected chi connectivity index (χ4v) is 3.87. The molecule has 1 aliphatic heterocycles. The van der Waals surface area contributed by atoms with Crippen LogP contribution >= 0.6 is 0 Å². The minimum atomic E-state index is 0.465. The molecule has 0 radical (unpaired) electrons. The van der Waals surface area contributed by atoms with Crippen molar-refractivity contribution in [2.75, 3.05) is 6.54 Å². The number of likely N-dealkylation sites (tertiary alicyclic amines) is 1. The highest BCUT2D eigenvalue weighted by molar-refractivity contribution is 5.79. The lowest BCUT2D eigenvalue weighted by Gasteiger charge is -2.43. The van der Waals surface area contributed by atoms with E-state index < -0.39 is 0 Å². The van der Waals surface area contributed by atoms with Gasteiger partial charge < -0.3 is 0 Å². The number of Topliss-reactive ketones (excluding diaryl/α,β-unsaturated/α-hetero) is 1. The van der Waals surface area contributed by atoms with Crippen LogP contribution in [0.1, 0.15) is 65.2 Å². The minimum Gasteiger partial charge on any atom is -0.300 e. The van der Waals surface area contributed by atoms with Gasteiger partial charge in [-0.1, -0.05) is 26.2 Å². The first-order chi connectivity index (χ1) is 8.22. The van der Waals surface area contributed by atoms with Crippen LogP contribution in [0.5, 0.6) is 0 Å². The average Bonchev–Trinajstić information content (AvgIpc) is 2.34. The first-order valence-electron chi connectivity index (χ1n) is 7.49. The number of hydrogen-bond donors (Lipinski definition) is 0. The van der Waals surface area contributed by atoms with E-state index >= 15 is 0 Å². The molecule has 0 aromatic rings. The van der Waals surface area contributed by atoms with Gasteiger partial charge in [0.2, 0.25) is 0 Å². The van der Waals surface area contributed by atoms with Crippen molar-refractivity contribution in [3.63, 3.8) is 0 Å². The molecular formula is C15H27NO. The zero-order valence-corrected chi connectivity index (χ0v) is 11.5. The van der Waals surface area contributed by atoms with Crippen molar-refractivity contribution in [2.24, 2.45) is 5.92 Å². The van der Waals surface area contributed by atoms with E-state index in [1.807, 2.05) is 0 Å². The van der Waals surface area contributed by atoms with Gasteiger partial charge in [0.05, 0.1) is 0 Å². The maximum Gasteiger partial charge on any atom is 0.135 e. The largest absolute Gasteiger partial charge is 0.300 e. The van der Waals surface area contributed by atoms with Crippen LogP contribution in [-0.2, 0) is 4.79 Å². The van der Waals surface area contributed by atoms with Crippen LogP contribution in [0.4, 0.5) is 0 Å². The third kappa shape index (κ3) is 3.09. The van der Waals surface area contributed by atoms with Crippen LogP contribution < -0.4 is 0 Å². The summed E-state index contributed by atoms with van der Waals surface area (Å²) in [7, 11) is 0. The topological polar surface area (TPSA) is 20.3 Å². The van der Waals surface area contributed by atoms with Crippen LogP contribution in [-0.4, -0.2) is 29.3 Å². The Morgan fingerprint density at radius 1 is 1.29 bits per heavy atom. The molecule has 0 aromatic heterocycles. The molecule has 2 rings (SSSR count). The van der Waals surface area contributed by atoms with Crippen LogP contribution in [0, 0.1) is 5.92 Å². The van der Waals surface area contributed by atoms with Crippen molar-refractivity contribution in [3.8, 4) is 0 Å². The number of carbonyl (C=O) groups excluding carboxylic acids is 1. The summed E-state index contributed by atoms with van der Waals surface area (Å²) >= 11 is 0. The van der Waals surface area contributed by atoms with Gasteiger partial charge in [-0.05, 0) is 32.1 Å². The zero-order valence-electron chi connectivity index (χ0n) is 11.5. The maximum atomic E-state index is 11.5. The first kappa shape index (κ1) is 13.1. The van der Waals surface area contributed by atoms with Crippen molar-refractivity contribution < 1.29 is 4.79 Å². The number of carbonyl (C=O) groups is 1. The molecule has 2 nitrogen and oxygen atoms in total. The van der Waals surface area contributed by atoms with Crippen molar-refractivity contribution in [1.82, 2.24) is 4.90 Å². The molecule has 0 amide bonds. The normalized spacial score (nSPS) is 30.5. The van der Waals surface area contributed by atoms with Crippen molar-refractivity contribution in [3.05, 3.63) is 0 Å².